The summed E-state index contributed by atoms with van der Waals surface area (Å²) in [5.41, 5.74) is 7.60. The minimum absolute atomic E-state index is 0.124. The molecule has 3 amide bonds. The fourth-order valence-electron chi connectivity index (χ4n) is 2.50. The number of urea groups is 1. The summed E-state index contributed by atoms with van der Waals surface area (Å²) >= 11 is 0. The number of nitrogens with one attached hydrogen (secondary N) is 1. The molecule has 0 bridgehead atoms. The predicted molar refractivity (Wildman–Crippen MR) is 77.0 cm³/mol. The average molecular weight is 275 g/mol. The van der Waals surface area contributed by atoms with Gasteiger partial charge in [-0.2, -0.15) is 0 Å². The van der Waals surface area contributed by atoms with Crippen LogP contribution in [-0.2, 0) is 17.8 Å². The van der Waals surface area contributed by atoms with Crippen LogP contribution < -0.4 is 11.1 Å². The lowest BCUT2D eigenvalue weighted by molar-refractivity contribution is -0.124. The van der Waals surface area contributed by atoms with Gasteiger partial charge >= 0.3 is 6.03 Å². The smallest absolute Gasteiger partial charge is 0.315 e. The summed E-state index contributed by atoms with van der Waals surface area (Å²) in [5.74, 6) is -0.124. The lowest BCUT2D eigenvalue weighted by atomic mass is 10.1. The molecule has 1 heterocycles. The second-order valence-electron chi connectivity index (χ2n) is 5.08. The largest absolute Gasteiger partial charge is 0.351 e. The van der Waals surface area contributed by atoms with Crippen molar-refractivity contribution in [3.8, 4) is 0 Å². The molecule has 5 nitrogen and oxygen atoms in total. The van der Waals surface area contributed by atoms with Gasteiger partial charge in [-0.3, -0.25) is 4.79 Å². The quantitative estimate of drug-likeness (QED) is 0.871. The number of hydrogen-bond acceptors (Lipinski definition) is 2. The molecule has 2 rings (SSSR count). The monoisotopic (exact) mass is 275 g/mol. The highest BCUT2D eigenvalue weighted by Gasteiger charge is 2.32. The normalized spacial score (nSPS) is 18.1. The number of amides is 3. The van der Waals surface area contributed by atoms with Gasteiger partial charge in [0.05, 0.1) is 0 Å². The summed E-state index contributed by atoms with van der Waals surface area (Å²) in [6.45, 7) is 3.15. The Labute approximate surface area is 119 Å². The van der Waals surface area contributed by atoms with Crippen molar-refractivity contribution in [3.05, 3.63) is 35.4 Å². The van der Waals surface area contributed by atoms with Crippen LogP contribution in [-0.4, -0.2) is 29.4 Å². The van der Waals surface area contributed by atoms with Gasteiger partial charge in [-0.1, -0.05) is 31.2 Å². The van der Waals surface area contributed by atoms with E-state index >= 15 is 0 Å². The highest BCUT2D eigenvalue weighted by Crippen LogP contribution is 2.17. The Morgan fingerprint density at radius 3 is 2.55 bits per heavy atom. The van der Waals surface area contributed by atoms with Crippen LogP contribution in [0.25, 0.3) is 0 Å². The number of likely N-dealkylation sites (tertiary alicyclic amines) is 1. The van der Waals surface area contributed by atoms with Gasteiger partial charge in [0.15, 0.2) is 0 Å². The van der Waals surface area contributed by atoms with Gasteiger partial charge in [0.25, 0.3) is 0 Å². The minimum atomic E-state index is -0.519. The van der Waals surface area contributed by atoms with Gasteiger partial charge < -0.3 is 16.0 Å². The summed E-state index contributed by atoms with van der Waals surface area (Å²) < 4.78 is 0. The summed E-state index contributed by atoms with van der Waals surface area (Å²) in [6, 6.07) is 7.22. The van der Waals surface area contributed by atoms with Crippen LogP contribution in [0.1, 0.15) is 30.9 Å². The Kier molecular flexibility index (Phi) is 4.61. The molecule has 1 aromatic rings. The third-order valence-electron chi connectivity index (χ3n) is 3.74. The van der Waals surface area contributed by atoms with E-state index in [0.717, 1.165) is 18.4 Å². The SMILES string of the molecule is CCc1ccc(CNC(=O)[C@@H]2CCCN2C(N)=O)cc1. The molecular formula is C15H21N3O2. The Morgan fingerprint density at radius 2 is 1.95 bits per heavy atom. The first-order valence-corrected chi connectivity index (χ1v) is 7.03. The molecule has 1 aliphatic heterocycles. The van der Waals surface area contributed by atoms with Crippen LogP contribution in [0.5, 0.6) is 0 Å². The van der Waals surface area contributed by atoms with Gasteiger partial charge in [-0.25, -0.2) is 4.79 Å². The Balaban J connectivity index is 1.89. The number of aryl methyl sites for hydroxylation is 1. The molecule has 0 spiro atoms. The molecular weight excluding hydrogens is 254 g/mol. The van der Waals surface area contributed by atoms with Crippen LogP contribution >= 0.6 is 0 Å². The van der Waals surface area contributed by atoms with Crippen molar-refractivity contribution in [2.24, 2.45) is 5.73 Å². The van der Waals surface area contributed by atoms with Gasteiger partial charge in [-0.05, 0) is 30.4 Å². The van der Waals surface area contributed by atoms with E-state index in [-0.39, 0.29) is 5.91 Å². The molecule has 1 aromatic carbocycles. The first-order valence-electron chi connectivity index (χ1n) is 7.03. The third-order valence-corrected chi connectivity index (χ3v) is 3.74. The topological polar surface area (TPSA) is 75.4 Å². The van der Waals surface area contributed by atoms with Crippen LogP contribution in [0.4, 0.5) is 4.79 Å². The summed E-state index contributed by atoms with van der Waals surface area (Å²) in [7, 11) is 0. The molecule has 0 saturated carbocycles. The maximum absolute atomic E-state index is 12.1. The minimum Gasteiger partial charge on any atom is -0.351 e. The number of nitrogens with zero attached hydrogens (tertiary/aromatic N) is 1. The molecule has 0 aliphatic carbocycles. The van der Waals surface area contributed by atoms with Crippen LogP contribution in [0.15, 0.2) is 24.3 Å². The van der Waals surface area contributed by atoms with Gasteiger partial charge in [0.2, 0.25) is 5.91 Å². The second-order valence-corrected chi connectivity index (χ2v) is 5.08. The van der Waals surface area contributed by atoms with Crippen molar-refractivity contribution in [1.29, 1.82) is 0 Å². The highest BCUT2D eigenvalue weighted by molar-refractivity contribution is 5.87. The second kappa shape index (κ2) is 6.41. The van der Waals surface area contributed by atoms with Gasteiger partial charge in [0.1, 0.15) is 6.04 Å². The van der Waals surface area contributed by atoms with Crippen LogP contribution in [0.3, 0.4) is 0 Å². The standard InChI is InChI=1S/C15H21N3O2/c1-2-11-5-7-12(8-6-11)10-17-14(19)13-4-3-9-18(13)15(16)20/h5-8,13H,2-4,9-10H2,1H3,(H2,16,20)(H,17,19)/t13-/m0/s1. The van der Waals surface area contributed by atoms with Crippen molar-refractivity contribution in [1.82, 2.24) is 10.2 Å². The van der Waals surface area contributed by atoms with E-state index < -0.39 is 12.1 Å². The maximum atomic E-state index is 12.1. The number of benzene rings is 1. The van der Waals surface area contributed by atoms with E-state index in [1.54, 1.807) is 0 Å². The molecule has 0 unspecified atom stereocenters. The molecule has 1 aliphatic rings. The average Bonchev–Trinajstić information content (AvgIpc) is 2.95. The van der Waals surface area contributed by atoms with Crippen molar-refractivity contribution in [2.75, 3.05) is 6.54 Å². The molecule has 1 fully saturated rings. The number of carbonyl (C=O) groups is 2. The lowest BCUT2D eigenvalue weighted by Crippen LogP contribution is -2.47. The van der Waals surface area contributed by atoms with Crippen LogP contribution in [0, 0.1) is 0 Å². The summed E-state index contributed by atoms with van der Waals surface area (Å²) in [6.07, 6.45) is 2.51. The van der Waals surface area contributed by atoms with Crippen molar-refractivity contribution in [2.45, 2.75) is 38.8 Å². The predicted octanol–water partition coefficient (Wildman–Crippen LogP) is 1.41. The van der Waals surface area contributed by atoms with E-state index in [9.17, 15) is 9.59 Å². The molecule has 5 heteroatoms. The van der Waals surface area contributed by atoms with Gasteiger partial charge in [-0.15, -0.1) is 0 Å². The molecule has 3 N–H and O–H groups in total. The highest BCUT2D eigenvalue weighted by atomic mass is 16.2. The number of nitrogens with two attached hydrogens (primary N) is 1. The fourth-order valence-corrected chi connectivity index (χ4v) is 2.50. The van der Waals surface area contributed by atoms with E-state index in [1.165, 1.54) is 10.5 Å². The zero-order chi connectivity index (χ0) is 14.5. The third kappa shape index (κ3) is 3.29. The maximum Gasteiger partial charge on any atom is 0.315 e. The van der Waals surface area contributed by atoms with Crippen LogP contribution in [0.2, 0.25) is 0 Å². The van der Waals surface area contributed by atoms with E-state index in [4.69, 9.17) is 5.73 Å². The van der Waals surface area contributed by atoms with E-state index in [0.29, 0.717) is 19.5 Å². The van der Waals surface area contributed by atoms with Crippen molar-refractivity contribution >= 4 is 11.9 Å². The summed E-state index contributed by atoms with van der Waals surface area (Å²) in [5, 5.41) is 2.87. The molecule has 1 atom stereocenters. The van der Waals surface area contributed by atoms with E-state index in [1.807, 2.05) is 12.1 Å². The first kappa shape index (κ1) is 14.4. The van der Waals surface area contributed by atoms with E-state index in [2.05, 4.69) is 24.4 Å². The number of hydrogen-bond donors (Lipinski definition) is 2. The Morgan fingerprint density at radius 1 is 1.30 bits per heavy atom. The van der Waals surface area contributed by atoms with Crippen molar-refractivity contribution in [3.63, 3.8) is 0 Å². The number of primary amides is 1. The molecule has 20 heavy (non-hydrogen) atoms. The van der Waals surface area contributed by atoms with Gasteiger partial charge in [0, 0.05) is 13.1 Å². The zero-order valence-corrected chi connectivity index (χ0v) is 11.8. The fraction of sp³-hybridized carbons (Fsp3) is 0.467. The molecule has 0 radical (unpaired) electrons. The van der Waals surface area contributed by atoms with Crippen molar-refractivity contribution < 1.29 is 9.59 Å². The molecule has 108 valence electrons. The molecule has 0 aromatic heterocycles. The zero-order valence-electron chi connectivity index (χ0n) is 11.8. The molecule has 1 saturated heterocycles. The lowest BCUT2D eigenvalue weighted by Gasteiger charge is -2.21. The number of rotatable bonds is 4. The Bertz CT molecular complexity index is 484. The Hall–Kier alpha value is -2.04. The first-order chi connectivity index (χ1) is 9.61. The number of carbonyl (C=O) groups excluding carboxylic acids is 2. The summed E-state index contributed by atoms with van der Waals surface area (Å²) in [4.78, 5) is 24.8.